The van der Waals surface area contributed by atoms with E-state index in [0.717, 1.165) is 0 Å². The first kappa shape index (κ1) is 12.5. The Hall–Kier alpha value is -0.570. The summed E-state index contributed by atoms with van der Waals surface area (Å²) in [6.45, 7) is 0.694. The average Bonchev–Trinajstić information content (AvgIpc) is 2.13. The molecule has 0 aromatic carbocycles. The summed E-state index contributed by atoms with van der Waals surface area (Å²) < 4.78 is 0. The van der Waals surface area contributed by atoms with E-state index in [4.69, 9.17) is 5.11 Å². The van der Waals surface area contributed by atoms with Crippen LogP contribution in [0.4, 0.5) is 0 Å². The molecule has 0 aromatic heterocycles. The minimum absolute atomic E-state index is 0.271. The number of aliphatic carboxylic acids is 1. The Bertz CT molecular complexity index is 186. The summed E-state index contributed by atoms with van der Waals surface area (Å²) in [5.41, 5.74) is 0. The van der Waals surface area contributed by atoms with Gasteiger partial charge in [-0.05, 0) is 19.9 Å². The molecule has 3 nitrogen and oxygen atoms in total. The molecule has 0 bridgehead atoms. The lowest BCUT2D eigenvalue weighted by Gasteiger charge is -2.29. The highest BCUT2D eigenvalue weighted by Crippen LogP contribution is 2.20. The molecule has 1 N–H and O–H groups in total. The Morgan fingerprint density at radius 3 is 2.27 bits per heavy atom. The van der Waals surface area contributed by atoms with Crippen molar-refractivity contribution in [2.75, 3.05) is 13.6 Å². The Balaban J connectivity index is 2.28. The molecule has 0 radical (unpaired) electrons. The quantitative estimate of drug-likeness (QED) is 0.780. The summed E-state index contributed by atoms with van der Waals surface area (Å²) in [6.07, 6.45) is 9.46. The van der Waals surface area contributed by atoms with Gasteiger partial charge < -0.3 is 10.0 Å². The smallest absolute Gasteiger partial charge is 0.304 e. The Kier molecular flexibility index (Phi) is 5.69. The van der Waals surface area contributed by atoms with Gasteiger partial charge in [0.1, 0.15) is 0 Å². The van der Waals surface area contributed by atoms with Gasteiger partial charge in [0.05, 0.1) is 6.42 Å². The summed E-state index contributed by atoms with van der Waals surface area (Å²) in [4.78, 5) is 12.7. The maximum atomic E-state index is 10.5. The number of hydrogen-bond donors (Lipinski definition) is 1. The van der Waals surface area contributed by atoms with Gasteiger partial charge in [0.2, 0.25) is 0 Å². The summed E-state index contributed by atoms with van der Waals surface area (Å²) in [6, 6.07) is 0.615. The monoisotopic (exact) mass is 213 g/mol. The van der Waals surface area contributed by atoms with Crippen molar-refractivity contribution in [2.45, 2.75) is 57.4 Å². The van der Waals surface area contributed by atoms with Crippen molar-refractivity contribution in [1.29, 1.82) is 0 Å². The van der Waals surface area contributed by atoms with E-state index < -0.39 is 5.97 Å². The van der Waals surface area contributed by atoms with Gasteiger partial charge in [0.15, 0.2) is 0 Å². The van der Waals surface area contributed by atoms with E-state index in [1.54, 1.807) is 0 Å². The maximum Gasteiger partial charge on any atom is 0.304 e. The van der Waals surface area contributed by atoms with Crippen molar-refractivity contribution in [3.63, 3.8) is 0 Å². The Morgan fingerprint density at radius 1 is 1.20 bits per heavy atom. The van der Waals surface area contributed by atoms with Crippen LogP contribution in [0.15, 0.2) is 0 Å². The van der Waals surface area contributed by atoms with Crippen LogP contribution in [-0.4, -0.2) is 35.6 Å². The van der Waals surface area contributed by atoms with Crippen molar-refractivity contribution < 1.29 is 9.90 Å². The molecular weight excluding hydrogens is 190 g/mol. The third-order valence-corrected chi connectivity index (χ3v) is 3.38. The predicted octanol–water partition coefficient (Wildman–Crippen LogP) is 2.51. The second-order valence-electron chi connectivity index (χ2n) is 4.62. The van der Waals surface area contributed by atoms with Crippen LogP contribution in [0.5, 0.6) is 0 Å². The van der Waals surface area contributed by atoms with Gasteiger partial charge in [-0.15, -0.1) is 0 Å². The van der Waals surface area contributed by atoms with Crippen molar-refractivity contribution in [3.8, 4) is 0 Å². The molecular formula is C12H23NO2. The third-order valence-electron chi connectivity index (χ3n) is 3.38. The van der Waals surface area contributed by atoms with Crippen LogP contribution in [0, 0.1) is 0 Å². The number of carboxylic acid groups (broad SMARTS) is 1. The van der Waals surface area contributed by atoms with Crippen LogP contribution in [0.1, 0.15) is 51.4 Å². The fourth-order valence-corrected chi connectivity index (χ4v) is 2.33. The number of carbonyl (C=O) groups is 1. The zero-order valence-electron chi connectivity index (χ0n) is 9.74. The molecule has 0 saturated heterocycles. The molecule has 0 heterocycles. The van der Waals surface area contributed by atoms with Crippen LogP contribution >= 0.6 is 0 Å². The molecule has 0 aromatic rings. The van der Waals surface area contributed by atoms with Crippen LogP contribution in [-0.2, 0) is 4.79 Å². The maximum absolute atomic E-state index is 10.5. The molecule has 1 rings (SSSR count). The van der Waals surface area contributed by atoms with Gasteiger partial charge in [-0.25, -0.2) is 0 Å². The molecule has 0 atom stereocenters. The van der Waals surface area contributed by atoms with Crippen LogP contribution < -0.4 is 0 Å². The minimum Gasteiger partial charge on any atom is -0.481 e. The van der Waals surface area contributed by atoms with E-state index in [-0.39, 0.29) is 6.42 Å². The zero-order chi connectivity index (χ0) is 11.1. The van der Waals surface area contributed by atoms with Gasteiger partial charge in [0, 0.05) is 12.6 Å². The molecule has 0 unspecified atom stereocenters. The number of carboxylic acids is 1. The molecule has 1 aliphatic rings. The van der Waals surface area contributed by atoms with Gasteiger partial charge in [-0.2, -0.15) is 0 Å². The normalized spacial score (nSPS) is 19.9. The molecule has 1 saturated carbocycles. The molecule has 3 heteroatoms. The van der Waals surface area contributed by atoms with Gasteiger partial charge in [0.25, 0.3) is 0 Å². The highest BCUT2D eigenvalue weighted by atomic mass is 16.4. The second-order valence-corrected chi connectivity index (χ2v) is 4.62. The third kappa shape index (κ3) is 5.17. The lowest BCUT2D eigenvalue weighted by molar-refractivity contribution is -0.137. The van der Waals surface area contributed by atoms with Crippen LogP contribution in [0.25, 0.3) is 0 Å². The van der Waals surface area contributed by atoms with Crippen molar-refractivity contribution >= 4 is 5.97 Å². The highest BCUT2D eigenvalue weighted by Gasteiger charge is 2.16. The molecule has 0 spiro atoms. The molecule has 0 aliphatic heterocycles. The Labute approximate surface area is 92.5 Å². The van der Waals surface area contributed by atoms with E-state index in [2.05, 4.69) is 11.9 Å². The minimum atomic E-state index is -0.687. The lowest BCUT2D eigenvalue weighted by Crippen LogP contribution is -2.33. The fraction of sp³-hybridized carbons (Fsp3) is 0.917. The van der Waals surface area contributed by atoms with E-state index in [1.807, 2.05) is 0 Å². The summed E-state index contributed by atoms with van der Waals surface area (Å²) >= 11 is 0. The van der Waals surface area contributed by atoms with E-state index >= 15 is 0 Å². The number of nitrogens with zero attached hydrogens (tertiary/aromatic N) is 1. The summed E-state index contributed by atoms with van der Waals surface area (Å²) in [7, 11) is 2.06. The second kappa shape index (κ2) is 6.83. The van der Waals surface area contributed by atoms with Crippen molar-refractivity contribution in [1.82, 2.24) is 4.90 Å². The fourth-order valence-electron chi connectivity index (χ4n) is 2.33. The predicted molar refractivity (Wildman–Crippen MR) is 61.0 cm³/mol. The highest BCUT2D eigenvalue weighted by molar-refractivity contribution is 5.66. The number of hydrogen-bond acceptors (Lipinski definition) is 2. The first-order chi connectivity index (χ1) is 7.20. The summed E-state index contributed by atoms with van der Waals surface area (Å²) in [5, 5.41) is 8.63. The molecule has 1 fully saturated rings. The van der Waals surface area contributed by atoms with Gasteiger partial charge >= 0.3 is 5.97 Å². The van der Waals surface area contributed by atoms with Crippen LogP contribution in [0.2, 0.25) is 0 Å². The van der Waals surface area contributed by atoms with Gasteiger partial charge in [-0.3, -0.25) is 4.79 Å². The molecule has 88 valence electrons. The topological polar surface area (TPSA) is 40.5 Å². The van der Waals surface area contributed by atoms with E-state index in [0.29, 0.717) is 12.6 Å². The molecule has 15 heavy (non-hydrogen) atoms. The van der Waals surface area contributed by atoms with Crippen molar-refractivity contribution in [3.05, 3.63) is 0 Å². The zero-order valence-corrected chi connectivity index (χ0v) is 9.74. The first-order valence-electron chi connectivity index (χ1n) is 6.12. The largest absolute Gasteiger partial charge is 0.481 e. The summed E-state index contributed by atoms with van der Waals surface area (Å²) in [5.74, 6) is -0.687. The standard InChI is InChI=1S/C12H23NO2/c1-13(10-9-12(14)15)11-7-5-3-2-4-6-8-11/h11H,2-10H2,1H3,(H,14,15). The number of rotatable bonds is 4. The van der Waals surface area contributed by atoms with Crippen molar-refractivity contribution in [2.24, 2.45) is 0 Å². The van der Waals surface area contributed by atoms with E-state index in [9.17, 15) is 4.79 Å². The van der Waals surface area contributed by atoms with Crippen LogP contribution in [0.3, 0.4) is 0 Å². The van der Waals surface area contributed by atoms with E-state index in [1.165, 1.54) is 44.9 Å². The molecule has 0 amide bonds. The Morgan fingerprint density at radius 2 is 1.73 bits per heavy atom. The average molecular weight is 213 g/mol. The van der Waals surface area contributed by atoms with Gasteiger partial charge in [-0.1, -0.05) is 32.1 Å². The first-order valence-corrected chi connectivity index (χ1v) is 6.12. The lowest BCUT2D eigenvalue weighted by atomic mass is 9.96. The SMILES string of the molecule is CN(CCC(=O)O)C1CCCCCCC1. The molecule has 1 aliphatic carbocycles.